The largest absolute Gasteiger partial charge is 0.495 e. The number of piperidine rings is 1. The van der Waals surface area contributed by atoms with Crippen molar-refractivity contribution in [3.05, 3.63) is 36.7 Å². The third-order valence-corrected chi connectivity index (χ3v) is 3.39. The lowest BCUT2D eigenvalue weighted by Crippen LogP contribution is -2.37. The molecule has 0 bridgehead atoms. The predicted octanol–water partition coefficient (Wildman–Crippen LogP) is 1.98. The third-order valence-electron chi connectivity index (χ3n) is 3.39. The van der Waals surface area contributed by atoms with Gasteiger partial charge in [-0.15, -0.1) is 0 Å². The van der Waals surface area contributed by atoms with Crippen LogP contribution in [0.5, 0.6) is 5.75 Å². The summed E-state index contributed by atoms with van der Waals surface area (Å²) in [7, 11) is 1.66. The van der Waals surface area contributed by atoms with Crippen LogP contribution in [0.4, 0.5) is 0 Å². The lowest BCUT2D eigenvalue weighted by atomic mass is 9.92. The van der Waals surface area contributed by atoms with E-state index in [0.29, 0.717) is 5.92 Å². The number of ether oxygens (including phenoxy) is 1. The van der Waals surface area contributed by atoms with E-state index >= 15 is 0 Å². The van der Waals surface area contributed by atoms with E-state index in [0.717, 1.165) is 37.4 Å². The molecule has 0 spiro atoms. The standard InChI is InChI=1S/C14H18N2O2/c1-3-13(17)16-9-6-11(7-10-16)14-12(18-2)5-4-8-15-14/h3-5,8,11H,1,6-7,9-10H2,2H3. The number of likely N-dealkylation sites (tertiary alicyclic amines) is 1. The summed E-state index contributed by atoms with van der Waals surface area (Å²) in [4.78, 5) is 17.7. The molecule has 2 rings (SSSR count). The second-order valence-electron chi connectivity index (χ2n) is 4.39. The van der Waals surface area contributed by atoms with Crippen LogP contribution in [0.3, 0.4) is 0 Å². The van der Waals surface area contributed by atoms with Gasteiger partial charge < -0.3 is 9.64 Å². The predicted molar refractivity (Wildman–Crippen MR) is 69.5 cm³/mol. The van der Waals surface area contributed by atoms with Crippen molar-refractivity contribution in [1.82, 2.24) is 9.88 Å². The lowest BCUT2D eigenvalue weighted by molar-refractivity contribution is -0.127. The van der Waals surface area contributed by atoms with Gasteiger partial charge in [0.15, 0.2) is 0 Å². The molecule has 1 aliphatic rings. The van der Waals surface area contributed by atoms with Gasteiger partial charge in [-0.25, -0.2) is 0 Å². The number of hydrogen-bond acceptors (Lipinski definition) is 3. The highest BCUT2D eigenvalue weighted by Crippen LogP contribution is 2.32. The summed E-state index contributed by atoms with van der Waals surface area (Å²) in [5.74, 6) is 1.22. The van der Waals surface area contributed by atoms with Crippen LogP contribution in [0, 0.1) is 0 Å². The first-order chi connectivity index (χ1) is 8.76. The molecule has 0 saturated carbocycles. The molecule has 1 fully saturated rings. The first-order valence-corrected chi connectivity index (χ1v) is 6.16. The average Bonchev–Trinajstić information content (AvgIpc) is 2.46. The van der Waals surface area contributed by atoms with E-state index in [4.69, 9.17) is 4.74 Å². The molecule has 1 aromatic heterocycles. The summed E-state index contributed by atoms with van der Waals surface area (Å²) >= 11 is 0. The lowest BCUT2D eigenvalue weighted by Gasteiger charge is -2.31. The molecule has 96 valence electrons. The molecule has 0 aliphatic carbocycles. The first-order valence-electron chi connectivity index (χ1n) is 6.16. The molecule has 4 nitrogen and oxygen atoms in total. The van der Waals surface area contributed by atoms with Gasteiger partial charge in [-0.2, -0.15) is 0 Å². The fourth-order valence-corrected chi connectivity index (χ4v) is 2.38. The van der Waals surface area contributed by atoms with Crippen molar-refractivity contribution in [1.29, 1.82) is 0 Å². The Morgan fingerprint density at radius 3 is 2.89 bits per heavy atom. The van der Waals surface area contributed by atoms with Gasteiger partial charge in [-0.3, -0.25) is 9.78 Å². The zero-order valence-electron chi connectivity index (χ0n) is 10.6. The van der Waals surface area contributed by atoms with Crippen molar-refractivity contribution < 1.29 is 9.53 Å². The maximum atomic E-state index is 11.5. The molecule has 1 saturated heterocycles. The molecule has 4 heteroatoms. The Morgan fingerprint density at radius 2 is 2.28 bits per heavy atom. The average molecular weight is 246 g/mol. The number of methoxy groups -OCH3 is 1. The monoisotopic (exact) mass is 246 g/mol. The Bertz CT molecular complexity index is 437. The van der Waals surface area contributed by atoms with Crippen LogP contribution in [0.25, 0.3) is 0 Å². The SMILES string of the molecule is C=CC(=O)N1CCC(c2ncccc2OC)CC1. The van der Waals surface area contributed by atoms with Crippen molar-refractivity contribution in [2.75, 3.05) is 20.2 Å². The van der Waals surface area contributed by atoms with Crippen molar-refractivity contribution in [3.63, 3.8) is 0 Å². The van der Waals surface area contributed by atoms with Crippen LogP contribution >= 0.6 is 0 Å². The van der Waals surface area contributed by atoms with Gasteiger partial charge in [0.25, 0.3) is 0 Å². The van der Waals surface area contributed by atoms with E-state index in [-0.39, 0.29) is 5.91 Å². The van der Waals surface area contributed by atoms with Gasteiger partial charge in [-0.1, -0.05) is 6.58 Å². The fourth-order valence-electron chi connectivity index (χ4n) is 2.38. The quantitative estimate of drug-likeness (QED) is 0.766. The second kappa shape index (κ2) is 5.67. The van der Waals surface area contributed by atoms with Gasteiger partial charge in [0.2, 0.25) is 5.91 Å². The number of carbonyl (C=O) groups excluding carboxylic acids is 1. The number of nitrogens with zero attached hydrogens (tertiary/aromatic N) is 2. The highest BCUT2D eigenvalue weighted by molar-refractivity contribution is 5.87. The molecule has 0 atom stereocenters. The van der Waals surface area contributed by atoms with Crippen molar-refractivity contribution in [2.45, 2.75) is 18.8 Å². The summed E-state index contributed by atoms with van der Waals surface area (Å²) in [5.41, 5.74) is 1.01. The van der Waals surface area contributed by atoms with Crippen molar-refractivity contribution in [3.8, 4) is 5.75 Å². The van der Waals surface area contributed by atoms with Crippen LogP contribution in [0.1, 0.15) is 24.5 Å². The molecule has 1 amide bonds. The fraction of sp³-hybridized carbons (Fsp3) is 0.429. The molecule has 0 unspecified atom stereocenters. The summed E-state index contributed by atoms with van der Waals surface area (Å²) in [5, 5.41) is 0. The van der Waals surface area contributed by atoms with Gasteiger partial charge in [0, 0.05) is 25.2 Å². The van der Waals surface area contributed by atoms with Gasteiger partial charge >= 0.3 is 0 Å². The number of hydrogen-bond donors (Lipinski definition) is 0. The van der Waals surface area contributed by atoms with Gasteiger partial charge in [0.1, 0.15) is 5.75 Å². The van der Waals surface area contributed by atoms with Crippen LogP contribution in [-0.4, -0.2) is 36.0 Å². The van der Waals surface area contributed by atoms with E-state index in [1.165, 1.54) is 6.08 Å². The van der Waals surface area contributed by atoms with E-state index in [2.05, 4.69) is 11.6 Å². The first kappa shape index (κ1) is 12.6. The van der Waals surface area contributed by atoms with Crippen molar-refractivity contribution >= 4 is 5.91 Å². The zero-order valence-corrected chi connectivity index (χ0v) is 10.6. The summed E-state index contributed by atoms with van der Waals surface area (Å²) in [6.45, 7) is 5.04. The third kappa shape index (κ3) is 2.53. The molecule has 0 aromatic carbocycles. The highest BCUT2D eigenvalue weighted by Gasteiger charge is 2.25. The van der Waals surface area contributed by atoms with Crippen molar-refractivity contribution in [2.24, 2.45) is 0 Å². The van der Waals surface area contributed by atoms with E-state index in [1.807, 2.05) is 17.0 Å². The molecular formula is C14H18N2O2. The van der Waals surface area contributed by atoms with Gasteiger partial charge in [-0.05, 0) is 31.1 Å². The van der Waals surface area contributed by atoms with E-state index < -0.39 is 0 Å². The summed E-state index contributed by atoms with van der Waals surface area (Å²) in [6.07, 6.45) is 5.01. The minimum absolute atomic E-state index is 0.0152. The minimum Gasteiger partial charge on any atom is -0.495 e. The molecule has 1 aliphatic heterocycles. The topological polar surface area (TPSA) is 42.4 Å². The smallest absolute Gasteiger partial charge is 0.245 e. The Hall–Kier alpha value is -1.84. The van der Waals surface area contributed by atoms with E-state index in [9.17, 15) is 4.79 Å². The van der Waals surface area contributed by atoms with Crippen LogP contribution in [0.15, 0.2) is 31.0 Å². The zero-order chi connectivity index (χ0) is 13.0. The molecule has 1 aromatic rings. The normalized spacial score (nSPS) is 16.4. The molecule has 0 radical (unpaired) electrons. The second-order valence-corrected chi connectivity index (χ2v) is 4.39. The summed E-state index contributed by atoms with van der Waals surface area (Å²) < 4.78 is 5.33. The number of carbonyl (C=O) groups is 1. The maximum absolute atomic E-state index is 11.5. The Kier molecular flexibility index (Phi) is 3.97. The molecule has 0 N–H and O–H groups in total. The molecule has 2 heterocycles. The number of amides is 1. The van der Waals surface area contributed by atoms with Gasteiger partial charge in [0.05, 0.1) is 12.8 Å². The van der Waals surface area contributed by atoms with Crippen LogP contribution in [0.2, 0.25) is 0 Å². The number of aromatic nitrogens is 1. The van der Waals surface area contributed by atoms with Crippen LogP contribution in [-0.2, 0) is 4.79 Å². The molecular weight excluding hydrogens is 228 g/mol. The number of rotatable bonds is 3. The van der Waals surface area contributed by atoms with E-state index in [1.54, 1.807) is 13.3 Å². The Morgan fingerprint density at radius 1 is 1.56 bits per heavy atom. The summed E-state index contributed by atoms with van der Waals surface area (Å²) in [6, 6.07) is 3.81. The number of pyridine rings is 1. The highest BCUT2D eigenvalue weighted by atomic mass is 16.5. The molecule has 18 heavy (non-hydrogen) atoms. The maximum Gasteiger partial charge on any atom is 0.245 e. The van der Waals surface area contributed by atoms with Crippen LogP contribution < -0.4 is 4.74 Å². The Balaban J connectivity index is 2.05. The Labute approximate surface area is 107 Å². The minimum atomic E-state index is 0.0152.